The summed E-state index contributed by atoms with van der Waals surface area (Å²) in [4.78, 5) is 31.3. The lowest BCUT2D eigenvalue weighted by molar-refractivity contribution is 0.103. The molecule has 9 nitrogen and oxygen atoms in total. The van der Waals surface area contributed by atoms with Crippen molar-refractivity contribution < 1.29 is 14.6 Å². The van der Waals surface area contributed by atoms with Gasteiger partial charge in [-0.25, -0.2) is 14.2 Å². The molecule has 5 rings (SSSR count). The Bertz CT molecular complexity index is 1360. The zero-order chi connectivity index (χ0) is 21.0. The van der Waals surface area contributed by atoms with E-state index < -0.39 is 17.8 Å². The van der Waals surface area contributed by atoms with Crippen molar-refractivity contribution in [2.75, 3.05) is 13.2 Å². The number of nitrogens with zero attached hydrogens (tertiary/aromatic N) is 5. The molecule has 2 bridgehead atoms. The number of carbonyl (C=O) groups is 1. The maximum absolute atomic E-state index is 13.2. The Balaban J connectivity index is 1.66. The van der Waals surface area contributed by atoms with Gasteiger partial charge in [0.2, 0.25) is 5.88 Å². The van der Waals surface area contributed by atoms with Crippen LogP contribution in [0.3, 0.4) is 0 Å². The first-order valence-electron chi connectivity index (χ1n) is 9.28. The van der Waals surface area contributed by atoms with Gasteiger partial charge in [0.1, 0.15) is 11.8 Å². The van der Waals surface area contributed by atoms with Crippen molar-refractivity contribution in [3.8, 4) is 30.0 Å². The number of nitriles is 1. The number of amides is 1. The molecule has 1 amide bonds. The second kappa shape index (κ2) is 6.39. The largest absolute Gasteiger partial charge is 0.493 e. The van der Waals surface area contributed by atoms with Crippen LogP contribution >= 0.6 is 0 Å². The third kappa shape index (κ3) is 2.26. The van der Waals surface area contributed by atoms with Crippen LogP contribution in [-0.2, 0) is 4.74 Å². The summed E-state index contributed by atoms with van der Waals surface area (Å²) in [5.41, 5.74) is 1.20. The highest BCUT2D eigenvalue weighted by Crippen LogP contribution is 2.49. The van der Waals surface area contributed by atoms with Crippen LogP contribution in [0.1, 0.15) is 29.8 Å². The van der Waals surface area contributed by atoms with Crippen LogP contribution in [0.5, 0.6) is 5.88 Å². The maximum atomic E-state index is 13.2. The van der Waals surface area contributed by atoms with Crippen LogP contribution in [0.25, 0.3) is 16.6 Å². The summed E-state index contributed by atoms with van der Waals surface area (Å²) < 4.78 is 7.76. The first-order valence-corrected chi connectivity index (χ1v) is 9.28. The van der Waals surface area contributed by atoms with Crippen LogP contribution in [0.2, 0.25) is 0 Å². The minimum absolute atomic E-state index is 0.142. The monoisotopic (exact) mass is 401 g/mol. The Labute approximate surface area is 170 Å². The lowest BCUT2D eigenvalue weighted by Crippen LogP contribution is -2.38. The van der Waals surface area contributed by atoms with Crippen molar-refractivity contribution in [3.05, 3.63) is 52.2 Å². The van der Waals surface area contributed by atoms with Crippen molar-refractivity contribution in [1.82, 2.24) is 19.0 Å². The van der Waals surface area contributed by atoms with E-state index in [0.29, 0.717) is 40.8 Å². The topological polar surface area (TPSA) is 113 Å². The average Bonchev–Trinajstić information content (AvgIpc) is 3.43. The van der Waals surface area contributed by atoms with E-state index in [9.17, 15) is 20.0 Å². The number of aromatic hydroxyl groups is 1. The molecular weight excluding hydrogens is 386 g/mol. The van der Waals surface area contributed by atoms with Crippen molar-refractivity contribution >= 4 is 17.0 Å². The van der Waals surface area contributed by atoms with E-state index in [4.69, 9.17) is 11.2 Å². The molecule has 9 heteroatoms. The number of ether oxygens (including phenoxy) is 1. The number of imidazole rings is 1. The Morgan fingerprint density at radius 1 is 1.40 bits per heavy atom. The molecule has 1 N–H and O–H groups in total. The van der Waals surface area contributed by atoms with Gasteiger partial charge >= 0.3 is 11.8 Å². The molecule has 2 atom stereocenters. The molecule has 0 radical (unpaired) electrons. The molecule has 2 aliphatic rings. The predicted octanol–water partition coefficient (Wildman–Crippen LogP) is 1.84. The highest BCUT2D eigenvalue weighted by molar-refractivity contribution is 5.91. The van der Waals surface area contributed by atoms with E-state index >= 15 is 0 Å². The van der Waals surface area contributed by atoms with E-state index in [-0.39, 0.29) is 18.5 Å². The summed E-state index contributed by atoms with van der Waals surface area (Å²) in [6, 6.07) is 7.97. The Morgan fingerprint density at radius 2 is 2.23 bits per heavy atom. The summed E-state index contributed by atoms with van der Waals surface area (Å²) in [7, 11) is 0. The first kappa shape index (κ1) is 17.8. The van der Waals surface area contributed by atoms with Gasteiger partial charge in [-0.1, -0.05) is 5.92 Å². The van der Waals surface area contributed by atoms with Crippen LogP contribution in [0.4, 0.5) is 4.79 Å². The highest BCUT2D eigenvalue weighted by Gasteiger charge is 2.49. The van der Waals surface area contributed by atoms with Crippen LogP contribution in [0, 0.1) is 23.7 Å². The van der Waals surface area contributed by atoms with E-state index in [1.54, 1.807) is 30.5 Å². The SMILES string of the molecule is C#CCOC(=O)N1C[C@@H]2C[C@H]1c1c(O)n(-c3ccc(C#N)c4ncccc34)c(=O)n12. The summed E-state index contributed by atoms with van der Waals surface area (Å²) in [5, 5.41) is 20.9. The second-order valence-corrected chi connectivity index (χ2v) is 7.16. The van der Waals surface area contributed by atoms with E-state index in [1.807, 2.05) is 0 Å². The van der Waals surface area contributed by atoms with Crippen molar-refractivity contribution in [3.63, 3.8) is 0 Å². The summed E-state index contributed by atoms with van der Waals surface area (Å²) in [6.07, 6.45) is 6.67. The number of hydrogen-bond acceptors (Lipinski definition) is 6. The number of pyridine rings is 1. The summed E-state index contributed by atoms with van der Waals surface area (Å²) >= 11 is 0. The van der Waals surface area contributed by atoms with E-state index in [1.165, 1.54) is 14.0 Å². The zero-order valence-corrected chi connectivity index (χ0v) is 15.6. The summed E-state index contributed by atoms with van der Waals surface area (Å²) in [6.45, 7) is 0.164. The highest BCUT2D eigenvalue weighted by atomic mass is 16.6. The molecule has 0 saturated carbocycles. The smallest absolute Gasteiger partial charge is 0.411 e. The third-order valence-corrected chi connectivity index (χ3v) is 5.68. The number of fused-ring (bicyclic) bond motifs is 6. The second-order valence-electron chi connectivity index (χ2n) is 7.16. The van der Waals surface area contributed by atoms with E-state index in [2.05, 4.69) is 17.0 Å². The number of benzene rings is 1. The normalized spacial score (nSPS) is 18.8. The zero-order valence-electron chi connectivity index (χ0n) is 15.6. The molecule has 4 heterocycles. The lowest BCUT2D eigenvalue weighted by atomic mass is 10.1. The Morgan fingerprint density at radius 3 is 3.00 bits per heavy atom. The van der Waals surface area contributed by atoms with Gasteiger partial charge in [-0.3, -0.25) is 14.5 Å². The maximum Gasteiger partial charge on any atom is 0.411 e. The molecule has 2 aromatic heterocycles. The molecule has 1 aromatic carbocycles. The van der Waals surface area contributed by atoms with Gasteiger partial charge < -0.3 is 9.84 Å². The number of aromatic nitrogens is 3. The molecule has 30 heavy (non-hydrogen) atoms. The fourth-order valence-electron chi connectivity index (χ4n) is 4.49. The fraction of sp³-hybridized carbons (Fsp3) is 0.238. The number of rotatable bonds is 2. The van der Waals surface area contributed by atoms with Gasteiger partial charge in [-0.2, -0.15) is 5.26 Å². The number of terminal acetylenes is 1. The van der Waals surface area contributed by atoms with Crippen molar-refractivity contribution in [2.24, 2.45) is 0 Å². The van der Waals surface area contributed by atoms with Gasteiger partial charge in [0.15, 0.2) is 6.61 Å². The minimum Gasteiger partial charge on any atom is -0.493 e. The molecule has 148 valence electrons. The fourth-order valence-corrected chi connectivity index (χ4v) is 4.49. The number of hydrogen-bond donors (Lipinski definition) is 1. The molecule has 1 saturated heterocycles. The van der Waals surface area contributed by atoms with Crippen LogP contribution < -0.4 is 5.69 Å². The van der Waals surface area contributed by atoms with Gasteiger partial charge in [0.25, 0.3) is 0 Å². The van der Waals surface area contributed by atoms with Gasteiger partial charge in [0, 0.05) is 18.1 Å². The Hall–Kier alpha value is -4.24. The Kier molecular flexibility index (Phi) is 3.80. The number of likely N-dealkylation sites (tertiary alicyclic amines) is 1. The van der Waals surface area contributed by atoms with E-state index in [0.717, 1.165) is 0 Å². The van der Waals surface area contributed by atoms with Crippen LogP contribution in [-0.4, -0.2) is 43.4 Å². The van der Waals surface area contributed by atoms with Gasteiger partial charge in [-0.15, -0.1) is 6.42 Å². The number of carbonyl (C=O) groups excluding carboxylic acids is 1. The van der Waals surface area contributed by atoms with Crippen molar-refractivity contribution in [2.45, 2.75) is 18.5 Å². The van der Waals surface area contributed by atoms with Crippen LogP contribution in [0.15, 0.2) is 35.3 Å². The van der Waals surface area contributed by atoms with Crippen molar-refractivity contribution in [1.29, 1.82) is 5.26 Å². The van der Waals surface area contributed by atoms with Gasteiger partial charge in [0.05, 0.1) is 28.9 Å². The average molecular weight is 401 g/mol. The van der Waals surface area contributed by atoms with Gasteiger partial charge in [-0.05, 0) is 30.7 Å². The molecule has 0 aliphatic carbocycles. The first-order chi connectivity index (χ1) is 14.6. The molecular formula is C21H15N5O4. The standard InChI is InChI=1S/C21H15N5O4/c1-2-8-30-21(29)24-11-13-9-16(24)18-19(27)26(20(28)25(13)18)15-6-5-12(10-22)17-14(15)4-3-7-23-17/h1,3-7,13,16,27H,8-9,11H2/t13-,16-/m0/s1. The minimum atomic E-state index is -0.570. The molecule has 0 spiro atoms. The quantitative estimate of drug-likeness (QED) is 0.656. The molecule has 3 aromatic rings. The predicted molar refractivity (Wildman–Crippen MR) is 105 cm³/mol. The lowest BCUT2D eigenvalue weighted by Gasteiger charge is -2.26. The molecule has 2 aliphatic heterocycles. The molecule has 0 unspecified atom stereocenters. The molecule has 1 fully saturated rings. The third-order valence-electron chi connectivity index (χ3n) is 5.68. The summed E-state index contributed by atoms with van der Waals surface area (Å²) in [5.74, 6) is 2.01.